The third kappa shape index (κ3) is 4.90. The number of anilines is 1. The Balaban J connectivity index is 1.50. The highest BCUT2D eigenvalue weighted by Crippen LogP contribution is 2.20. The van der Waals surface area contributed by atoms with Gasteiger partial charge in [0.25, 0.3) is 0 Å². The standard InChI is InChI=1S/C26H29N3O3/c1-18-5-7-20(8-6-18)17-29-19(2)15-24(30)22-16-21(9-10-23(22)29)27-25(31)11-12-26(32)28-13-3-4-14-28/h5-10,15-16H,3-4,11-14,17H2,1-2H3,(H,27,31). The molecule has 1 fully saturated rings. The first-order valence-corrected chi connectivity index (χ1v) is 11.2. The number of carbonyl (C=O) groups excluding carboxylic acids is 2. The Bertz CT molecular complexity index is 1210. The predicted octanol–water partition coefficient (Wildman–Crippen LogP) is 4.01. The molecule has 1 aliphatic rings. The summed E-state index contributed by atoms with van der Waals surface area (Å²) < 4.78 is 2.11. The van der Waals surface area contributed by atoms with Crippen molar-refractivity contribution in [2.45, 2.75) is 46.1 Å². The zero-order valence-electron chi connectivity index (χ0n) is 18.7. The molecule has 1 aromatic heterocycles. The molecule has 2 heterocycles. The summed E-state index contributed by atoms with van der Waals surface area (Å²) in [4.78, 5) is 39.0. The van der Waals surface area contributed by atoms with Gasteiger partial charge in [-0.05, 0) is 50.5 Å². The third-order valence-electron chi connectivity index (χ3n) is 6.09. The summed E-state index contributed by atoms with van der Waals surface area (Å²) in [5.41, 5.74) is 4.58. The first-order valence-electron chi connectivity index (χ1n) is 11.2. The normalized spacial score (nSPS) is 13.5. The van der Waals surface area contributed by atoms with Crippen LogP contribution in [0.3, 0.4) is 0 Å². The molecule has 166 valence electrons. The van der Waals surface area contributed by atoms with Gasteiger partial charge in [-0.1, -0.05) is 29.8 Å². The average Bonchev–Trinajstić information content (AvgIpc) is 3.31. The summed E-state index contributed by atoms with van der Waals surface area (Å²) in [6.07, 6.45) is 2.42. The minimum Gasteiger partial charge on any atom is -0.343 e. The molecule has 0 unspecified atom stereocenters. The Kier molecular flexibility index (Phi) is 6.40. The van der Waals surface area contributed by atoms with Crippen LogP contribution in [0.5, 0.6) is 0 Å². The fourth-order valence-corrected chi connectivity index (χ4v) is 4.24. The fourth-order valence-electron chi connectivity index (χ4n) is 4.24. The van der Waals surface area contributed by atoms with Crippen molar-refractivity contribution < 1.29 is 9.59 Å². The van der Waals surface area contributed by atoms with Gasteiger partial charge in [0.15, 0.2) is 5.43 Å². The SMILES string of the molecule is Cc1ccc(Cn2c(C)cc(=O)c3cc(NC(=O)CCC(=O)N4CCCC4)ccc32)cc1. The van der Waals surface area contributed by atoms with Crippen LogP contribution in [-0.4, -0.2) is 34.4 Å². The van der Waals surface area contributed by atoms with E-state index >= 15 is 0 Å². The summed E-state index contributed by atoms with van der Waals surface area (Å²) in [5.74, 6) is -0.186. The van der Waals surface area contributed by atoms with Gasteiger partial charge in [0.05, 0.1) is 5.52 Å². The number of amides is 2. The van der Waals surface area contributed by atoms with Crippen molar-refractivity contribution in [3.8, 4) is 0 Å². The number of aryl methyl sites for hydroxylation is 2. The van der Waals surface area contributed by atoms with E-state index in [1.54, 1.807) is 12.1 Å². The highest BCUT2D eigenvalue weighted by Gasteiger charge is 2.18. The van der Waals surface area contributed by atoms with Crippen LogP contribution < -0.4 is 10.7 Å². The zero-order chi connectivity index (χ0) is 22.7. The van der Waals surface area contributed by atoms with Crippen LogP contribution in [0.2, 0.25) is 0 Å². The van der Waals surface area contributed by atoms with Crippen molar-refractivity contribution in [3.63, 3.8) is 0 Å². The van der Waals surface area contributed by atoms with Crippen LogP contribution in [0.15, 0.2) is 53.3 Å². The molecule has 4 rings (SSSR count). The lowest BCUT2D eigenvalue weighted by Crippen LogP contribution is -2.28. The number of carbonyl (C=O) groups is 2. The minimum atomic E-state index is -0.219. The Labute approximate surface area is 187 Å². The van der Waals surface area contributed by atoms with E-state index in [9.17, 15) is 14.4 Å². The van der Waals surface area contributed by atoms with E-state index in [-0.39, 0.29) is 30.1 Å². The number of fused-ring (bicyclic) bond motifs is 1. The largest absolute Gasteiger partial charge is 0.343 e. The van der Waals surface area contributed by atoms with Crippen LogP contribution in [0.25, 0.3) is 10.9 Å². The van der Waals surface area contributed by atoms with E-state index in [2.05, 4.69) is 41.1 Å². The quantitative estimate of drug-likeness (QED) is 0.641. The summed E-state index contributed by atoms with van der Waals surface area (Å²) >= 11 is 0. The molecule has 0 spiro atoms. The van der Waals surface area contributed by atoms with Gasteiger partial charge in [0.2, 0.25) is 11.8 Å². The zero-order valence-corrected chi connectivity index (χ0v) is 18.7. The molecule has 2 amide bonds. The third-order valence-corrected chi connectivity index (χ3v) is 6.09. The maximum absolute atomic E-state index is 12.7. The van der Waals surface area contributed by atoms with E-state index in [0.29, 0.717) is 17.6 Å². The molecule has 0 radical (unpaired) electrons. The average molecular weight is 432 g/mol. The van der Waals surface area contributed by atoms with Crippen molar-refractivity contribution in [1.29, 1.82) is 0 Å². The topological polar surface area (TPSA) is 71.4 Å². The Morgan fingerprint density at radius 1 is 0.938 bits per heavy atom. The molecule has 0 aliphatic carbocycles. The molecule has 1 saturated heterocycles. The summed E-state index contributed by atoms with van der Waals surface area (Å²) in [6.45, 7) is 6.23. The second kappa shape index (κ2) is 9.39. The van der Waals surface area contributed by atoms with Crippen molar-refractivity contribution in [3.05, 3.63) is 75.6 Å². The monoisotopic (exact) mass is 431 g/mol. The Hall–Kier alpha value is -3.41. The number of rotatable bonds is 6. The summed E-state index contributed by atoms with van der Waals surface area (Å²) in [7, 11) is 0. The Morgan fingerprint density at radius 2 is 1.66 bits per heavy atom. The van der Waals surface area contributed by atoms with Crippen molar-refractivity contribution in [2.75, 3.05) is 18.4 Å². The van der Waals surface area contributed by atoms with Crippen LogP contribution >= 0.6 is 0 Å². The Morgan fingerprint density at radius 3 is 2.38 bits per heavy atom. The lowest BCUT2D eigenvalue weighted by Gasteiger charge is -2.16. The molecular formula is C26H29N3O3. The van der Waals surface area contributed by atoms with Crippen LogP contribution in [-0.2, 0) is 16.1 Å². The number of nitrogens with zero attached hydrogens (tertiary/aromatic N) is 2. The molecule has 6 heteroatoms. The predicted molar refractivity (Wildman–Crippen MR) is 127 cm³/mol. The van der Waals surface area contributed by atoms with Gasteiger partial charge in [-0.3, -0.25) is 14.4 Å². The lowest BCUT2D eigenvalue weighted by molar-refractivity contribution is -0.131. The van der Waals surface area contributed by atoms with Crippen LogP contribution in [0, 0.1) is 13.8 Å². The smallest absolute Gasteiger partial charge is 0.224 e. The molecular weight excluding hydrogens is 402 g/mol. The van der Waals surface area contributed by atoms with E-state index < -0.39 is 0 Å². The van der Waals surface area contributed by atoms with Crippen LogP contribution in [0.4, 0.5) is 5.69 Å². The van der Waals surface area contributed by atoms with E-state index in [1.807, 2.05) is 24.0 Å². The number of benzene rings is 2. The maximum atomic E-state index is 12.7. The number of pyridine rings is 1. The number of hydrogen-bond acceptors (Lipinski definition) is 3. The van der Waals surface area contributed by atoms with Crippen molar-refractivity contribution in [2.24, 2.45) is 0 Å². The molecule has 1 aliphatic heterocycles. The highest BCUT2D eigenvalue weighted by atomic mass is 16.2. The fraction of sp³-hybridized carbons (Fsp3) is 0.346. The van der Waals surface area contributed by atoms with Gasteiger partial charge in [0, 0.05) is 55.3 Å². The molecule has 0 atom stereocenters. The van der Waals surface area contributed by atoms with E-state index in [1.165, 1.54) is 5.56 Å². The second-order valence-electron chi connectivity index (χ2n) is 8.59. The number of likely N-dealkylation sites (tertiary alicyclic amines) is 1. The van der Waals surface area contributed by atoms with Crippen molar-refractivity contribution >= 4 is 28.4 Å². The second-order valence-corrected chi connectivity index (χ2v) is 8.59. The maximum Gasteiger partial charge on any atom is 0.224 e. The highest BCUT2D eigenvalue weighted by molar-refractivity contribution is 5.95. The summed E-state index contributed by atoms with van der Waals surface area (Å²) in [5, 5.41) is 3.40. The molecule has 6 nitrogen and oxygen atoms in total. The van der Waals surface area contributed by atoms with Gasteiger partial charge in [-0.2, -0.15) is 0 Å². The molecule has 0 saturated carbocycles. The van der Waals surface area contributed by atoms with Crippen LogP contribution in [0.1, 0.15) is 42.5 Å². The molecule has 0 bridgehead atoms. The van der Waals surface area contributed by atoms with Gasteiger partial charge < -0.3 is 14.8 Å². The van der Waals surface area contributed by atoms with Gasteiger partial charge in [-0.25, -0.2) is 0 Å². The number of nitrogens with one attached hydrogen (secondary N) is 1. The first kappa shape index (κ1) is 21.8. The number of aromatic nitrogens is 1. The van der Waals surface area contributed by atoms with Crippen molar-refractivity contribution in [1.82, 2.24) is 9.47 Å². The van der Waals surface area contributed by atoms with Gasteiger partial charge in [-0.15, -0.1) is 0 Å². The summed E-state index contributed by atoms with van der Waals surface area (Å²) in [6, 6.07) is 15.4. The van der Waals surface area contributed by atoms with E-state index in [4.69, 9.17) is 0 Å². The molecule has 2 aromatic carbocycles. The minimum absolute atomic E-state index is 0.0330. The van der Waals surface area contributed by atoms with Gasteiger partial charge in [0.1, 0.15) is 0 Å². The van der Waals surface area contributed by atoms with E-state index in [0.717, 1.165) is 42.7 Å². The number of hydrogen-bond donors (Lipinski definition) is 1. The molecule has 32 heavy (non-hydrogen) atoms. The molecule has 1 N–H and O–H groups in total. The van der Waals surface area contributed by atoms with Gasteiger partial charge >= 0.3 is 0 Å². The first-order chi connectivity index (χ1) is 15.4. The lowest BCUT2D eigenvalue weighted by atomic mass is 10.1. The molecule has 3 aromatic rings.